The van der Waals surface area contributed by atoms with E-state index < -0.39 is 0 Å². The largest absolute Gasteiger partial charge is 0.393 e. The van der Waals surface area contributed by atoms with Crippen molar-refractivity contribution in [3.63, 3.8) is 0 Å². The van der Waals surface area contributed by atoms with E-state index in [2.05, 4.69) is 72.9 Å². The van der Waals surface area contributed by atoms with Crippen molar-refractivity contribution in [3.8, 4) is 0 Å². The summed E-state index contributed by atoms with van der Waals surface area (Å²) in [5, 5.41) is 10.7. The lowest BCUT2D eigenvalue weighted by Crippen LogP contribution is -2.54. The van der Waals surface area contributed by atoms with Crippen LogP contribution in [0.25, 0.3) is 0 Å². The normalized spacial score (nSPS) is 31.0. The second-order valence-electron chi connectivity index (χ2n) is 11.6. The van der Waals surface area contributed by atoms with Gasteiger partial charge in [-0.05, 0) is 108 Å². The summed E-state index contributed by atoms with van der Waals surface area (Å²) in [4.78, 5) is 0. The summed E-state index contributed by atoms with van der Waals surface area (Å²) in [5.41, 5.74) is 5.54. The van der Waals surface area contributed by atoms with E-state index in [4.69, 9.17) is 1.37 Å². The molecular formula is C31H50O. The number of rotatable bonds is 10. The van der Waals surface area contributed by atoms with Crippen molar-refractivity contribution in [1.82, 2.24) is 0 Å². The summed E-state index contributed by atoms with van der Waals surface area (Å²) in [6.45, 7) is 21.9. The predicted octanol–water partition coefficient (Wildman–Crippen LogP) is 9.12. The summed E-state index contributed by atoms with van der Waals surface area (Å²) in [7, 11) is 0. The maximum Gasteiger partial charge on any atom is 0.0619 e. The molecule has 2 fully saturated rings. The van der Waals surface area contributed by atoms with Crippen LogP contribution in [-0.2, 0) is 0 Å². The SMILES string of the molecule is [3H]C(=C)/C(=C/CC/C(C)=C/CCC1C(=C)CCC2C(C)(C)[C@@H](O)CC[C@]12C)CCC=C(C)C. The topological polar surface area (TPSA) is 20.2 Å². The molecule has 2 aliphatic rings. The second-order valence-corrected chi connectivity index (χ2v) is 11.6. The second kappa shape index (κ2) is 11.7. The van der Waals surface area contributed by atoms with Crippen molar-refractivity contribution < 1.29 is 6.48 Å². The van der Waals surface area contributed by atoms with E-state index in [1.54, 1.807) is 0 Å². The number of allylic oxidation sites excluding steroid dienone is 8. The first-order chi connectivity index (χ1) is 15.4. The fourth-order valence-corrected chi connectivity index (χ4v) is 6.55. The van der Waals surface area contributed by atoms with Crippen molar-refractivity contribution in [1.29, 1.82) is 0 Å². The quantitative estimate of drug-likeness (QED) is 0.265. The Bertz CT molecular complexity index is 792. The van der Waals surface area contributed by atoms with Crippen LogP contribution < -0.4 is 0 Å². The molecule has 180 valence electrons. The van der Waals surface area contributed by atoms with E-state index in [-0.39, 0.29) is 16.9 Å². The Morgan fingerprint density at radius 3 is 2.41 bits per heavy atom. The fourth-order valence-electron chi connectivity index (χ4n) is 6.55. The highest BCUT2D eigenvalue weighted by Crippen LogP contribution is 2.61. The van der Waals surface area contributed by atoms with Crippen LogP contribution in [0.1, 0.15) is 107 Å². The maximum absolute atomic E-state index is 10.7. The Morgan fingerprint density at radius 1 is 1.06 bits per heavy atom. The van der Waals surface area contributed by atoms with Crippen LogP contribution >= 0.6 is 0 Å². The third-order valence-corrected chi connectivity index (χ3v) is 8.62. The molecule has 0 heterocycles. The third-order valence-electron chi connectivity index (χ3n) is 8.62. The first-order valence-corrected chi connectivity index (χ1v) is 12.9. The lowest BCUT2D eigenvalue weighted by molar-refractivity contribution is -0.124. The van der Waals surface area contributed by atoms with Gasteiger partial charge in [0.05, 0.1) is 7.47 Å². The van der Waals surface area contributed by atoms with Gasteiger partial charge in [0.2, 0.25) is 0 Å². The zero-order chi connectivity index (χ0) is 24.8. The van der Waals surface area contributed by atoms with Gasteiger partial charge in [-0.25, -0.2) is 0 Å². The molecule has 0 aromatic carbocycles. The van der Waals surface area contributed by atoms with Crippen molar-refractivity contribution in [2.24, 2.45) is 22.7 Å². The van der Waals surface area contributed by atoms with Crippen LogP contribution in [0.5, 0.6) is 0 Å². The van der Waals surface area contributed by atoms with Gasteiger partial charge < -0.3 is 5.11 Å². The van der Waals surface area contributed by atoms with Crippen LogP contribution in [0.3, 0.4) is 0 Å². The van der Waals surface area contributed by atoms with Crippen molar-refractivity contribution in [2.75, 3.05) is 0 Å². The molecule has 0 saturated heterocycles. The van der Waals surface area contributed by atoms with Crippen molar-refractivity contribution in [2.45, 2.75) is 112 Å². The molecule has 0 aromatic rings. The first kappa shape index (κ1) is 25.3. The molecule has 0 radical (unpaired) electrons. The van der Waals surface area contributed by atoms with Crippen LogP contribution in [0, 0.1) is 22.7 Å². The predicted molar refractivity (Wildman–Crippen MR) is 142 cm³/mol. The lowest BCUT2D eigenvalue weighted by Gasteiger charge is -2.59. The van der Waals surface area contributed by atoms with Gasteiger partial charge in [0, 0.05) is 0 Å². The Kier molecular flexibility index (Phi) is 9.23. The molecule has 32 heavy (non-hydrogen) atoms. The molecule has 2 unspecified atom stereocenters. The highest BCUT2D eigenvalue weighted by molar-refractivity contribution is 5.19. The zero-order valence-corrected chi connectivity index (χ0v) is 21.9. The van der Waals surface area contributed by atoms with Gasteiger partial charge in [-0.15, -0.1) is 0 Å². The number of hydrogen-bond acceptors (Lipinski definition) is 1. The maximum atomic E-state index is 10.7. The minimum atomic E-state index is -0.176. The summed E-state index contributed by atoms with van der Waals surface area (Å²) in [6.07, 6.45) is 17.2. The Morgan fingerprint density at radius 2 is 1.75 bits per heavy atom. The summed E-state index contributed by atoms with van der Waals surface area (Å²) in [6, 6.07) is 0.456. The Hall–Kier alpha value is -1.34. The zero-order valence-electron chi connectivity index (χ0n) is 22.9. The highest BCUT2D eigenvalue weighted by atomic mass is 16.3. The minimum Gasteiger partial charge on any atom is -0.393 e. The molecule has 0 aromatic heterocycles. The third kappa shape index (κ3) is 6.60. The van der Waals surface area contributed by atoms with Crippen LogP contribution in [-0.4, -0.2) is 11.2 Å². The van der Waals surface area contributed by atoms with Crippen LogP contribution in [0.15, 0.2) is 59.7 Å². The molecule has 2 aliphatic carbocycles. The van der Waals surface area contributed by atoms with E-state index >= 15 is 0 Å². The minimum absolute atomic E-state index is 0.00474. The number of aliphatic hydroxyl groups excluding tert-OH is 1. The van der Waals surface area contributed by atoms with Gasteiger partial charge in [0.25, 0.3) is 0 Å². The molecule has 0 aliphatic heterocycles. The number of fused-ring (bicyclic) bond motifs is 1. The Labute approximate surface area is 200 Å². The molecule has 0 spiro atoms. The molecule has 1 N–H and O–H groups in total. The standard InChI is InChI=1S/C31H50O/c1-9-26(16-10-13-23(2)3)17-11-14-24(4)15-12-18-27-25(5)19-20-28-30(6,7)29(32)21-22-31(27,28)8/h9,13,15,17,27-29,32H,1,5,10-12,14,16,18-22H2,2-4,6-8H3/b24-15+,26-17-/t27?,28?,29-,31+/m0/s1/i9T. The van der Waals surface area contributed by atoms with E-state index in [1.165, 1.54) is 29.6 Å². The highest BCUT2D eigenvalue weighted by Gasteiger charge is 2.55. The number of hydrogen-bond donors (Lipinski definition) is 1. The average molecular weight is 441 g/mol. The van der Waals surface area contributed by atoms with E-state index in [9.17, 15) is 5.11 Å². The summed E-state index contributed by atoms with van der Waals surface area (Å²) in [5.74, 6) is 1.13. The molecule has 4 atom stereocenters. The smallest absolute Gasteiger partial charge is 0.0619 e. The molecule has 1 nitrogen and oxygen atoms in total. The molecule has 2 rings (SSSR count). The van der Waals surface area contributed by atoms with E-state index in [0.29, 0.717) is 17.9 Å². The van der Waals surface area contributed by atoms with Gasteiger partial charge in [0.1, 0.15) is 0 Å². The van der Waals surface area contributed by atoms with Gasteiger partial charge in [-0.2, -0.15) is 0 Å². The van der Waals surface area contributed by atoms with Gasteiger partial charge >= 0.3 is 0 Å². The fraction of sp³-hybridized carbons (Fsp3) is 0.677. The molecule has 0 amide bonds. The molecule has 2 saturated carbocycles. The van der Waals surface area contributed by atoms with Crippen LogP contribution in [0.2, 0.25) is 0 Å². The lowest BCUT2D eigenvalue weighted by atomic mass is 9.46. The first-order valence-electron chi connectivity index (χ1n) is 13.4. The monoisotopic (exact) mass is 440 g/mol. The van der Waals surface area contributed by atoms with Crippen molar-refractivity contribution in [3.05, 3.63) is 59.7 Å². The van der Waals surface area contributed by atoms with E-state index in [0.717, 1.165) is 56.9 Å². The number of aliphatic hydroxyl groups is 1. The van der Waals surface area contributed by atoms with E-state index in [1.807, 2.05) is 0 Å². The molecule has 0 bridgehead atoms. The summed E-state index contributed by atoms with van der Waals surface area (Å²) >= 11 is 0. The van der Waals surface area contributed by atoms with Gasteiger partial charge in [-0.3, -0.25) is 0 Å². The van der Waals surface area contributed by atoms with Crippen molar-refractivity contribution >= 4 is 0 Å². The van der Waals surface area contributed by atoms with Gasteiger partial charge in [0.15, 0.2) is 0 Å². The van der Waals surface area contributed by atoms with Gasteiger partial charge in [-0.1, -0.05) is 80.5 Å². The molecule has 1 heteroatoms. The molecular weight excluding hydrogens is 388 g/mol. The average Bonchev–Trinajstić information content (AvgIpc) is 2.71. The summed E-state index contributed by atoms with van der Waals surface area (Å²) < 4.78 is 7.96. The Balaban J connectivity index is 1.94. The van der Waals surface area contributed by atoms with Crippen LogP contribution in [0.4, 0.5) is 0 Å².